The first-order valence-electron chi connectivity index (χ1n) is 6.69. The summed E-state index contributed by atoms with van der Waals surface area (Å²) < 4.78 is 8.93. The highest BCUT2D eigenvalue weighted by Crippen LogP contribution is 2.43. The first-order valence-corrected chi connectivity index (χ1v) is 11.2. The monoisotopic (exact) mass is 330 g/mol. The van der Waals surface area contributed by atoms with E-state index in [2.05, 4.69) is 47.6 Å². The van der Waals surface area contributed by atoms with Gasteiger partial charge < -0.3 is 4.74 Å². The molecular formula is C13H23BrN2OSi. The van der Waals surface area contributed by atoms with E-state index in [0.29, 0.717) is 12.6 Å². The van der Waals surface area contributed by atoms with Gasteiger partial charge in [-0.2, -0.15) is 5.10 Å². The highest BCUT2D eigenvalue weighted by atomic mass is 79.9. The molecule has 0 amide bonds. The van der Waals surface area contributed by atoms with E-state index in [1.165, 1.54) is 34.7 Å². The van der Waals surface area contributed by atoms with Crippen molar-refractivity contribution in [3.8, 4) is 0 Å². The molecule has 2 rings (SSSR count). The molecule has 0 unspecified atom stereocenters. The maximum absolute atomic E-state index is 5.76. The van der Waals surface area contributed by atoms with Crippen molar-refractivity contribution in [2.24, 2.45) is 0 Å². The van der Waals surface area contributed by atoms with Crippen LogP contribution in [0.3, 0.4) is 0 Å². The lowest BCUT2D eigenvalue weighted by Gasteiger charge is -2.15. The quantitative estimate of drug-likeness (QED) is 0.578. The van der Waals surface area contributed by atoms with E-state index in [9.17, 15) is 0 Å². The van der Waals surface area contributed by atoms with Crippen molar-refractivity contribution in [2.45, 2.75) is 58.1 Å². The topological polar surface area (TPSA) is 27.1 Å². The van der Waals surface area contributed by atoms with Crippen LogP contribution in [0.4, 0.5) is 0 Å². The summed E-state index contributed by atoms with van der Waals surface area (Å²) in [6.45, 7) is 10.7. The molecule has 0 aliphatic heterocycles. The fourth-order valence-corrected chi connectivity index (χ4v) is 3.18. The zero-order valence-electron chi connectivity index (χ0n) is 11.8. The molecule has 1 fully saturated rings. The van der Waals surface area contributed by atoms with Crippen LogP contribution in [0.25, 0.3) is 0 Å². The van der Waals surface area contributed by atoms with Crippen LogP contribution in [0.1, 0.15) is 30.1 Å². The first kappa shape index (κ1) is 14.3. The lowest BCUT2D eigenvalue weighted by molar-refractivity contribution is 0.0768. The predicted octanol–water partition coefficient (Wildman–Crippen LogP) is 4.14. The summed E-state index contributed by atoms with van der Waals surface area (Å²) >= 11 is 3.65. The smallest absolute Gasteiger partial charge is 0.139 e. The highest BCUT2D eigenvalue weighted by Gasteiger charge is 2.30. The van der Waals surface area contributed by atoms with Gasteiger partial charge in [0.15, 0.2) is 0 Å². The lowest BCUT2D eigenvalue weighted by atomic mass is 10.3. The lowest BCUT2D eigenvalue weighted by Crippen LogP contribution is -2.22. The minimum Gasteiger partial charge on any atom is -0.360 e. The Morgan fingerprint density at radius 1 is 1.39 bits per heavy atom. The SMILES string of the molecule is Cc1c(Br)c(C2CC2)nn1COCC[Si](C)(C)C. The van der Waals surface area contributed by atoms with E-state index in [4.69, 9.17) is 4.74 Å². The van der Waals surface area contributed by atoms with Gasteiger partial charge in [-0.3, -0.25) is 0 Å². The maximum Gasteiger partial charge on any atom is 0.139 e. The molecule has 5 heteroatoms. The van der Waals surface area contributed by atoms with Gasteiger partial charge >= 0.3 is 0 Å². The van der Waals surface area contributed by atoms with Gasteiger partial charge in [0.25, 0.3) is 0 Å². The van der Waals surface area contributed by atoms with Crippen LogP contribution in [0.15, 0.2) is 4.47 Å². The molecule has 0 bridgehead atoms. The third kappa shape index (κ3) is 3.68. The number of ether oxygens (including phenoxy) is 1. The average Bonchev–Trinajstić information content (AvgIpc) is 3.05. The Bertz CT molecular complexity index is 421. The van der Waals surface area contributed by atoms with Crippen molar-refractivity contribution < 1.29 is 4.74 Å². The van der Waals surface area contributed by atoms with Crippen LogP contribution in [0.5, 0.6) is 0 Å². The van der Waals surface area contributed by atoms with Crippen molar-refractivity contribution in [2.75, 3.05) is 6.61 Å². The Kier molecular flexibility index (Phi) is 4.34. The maximum atomic E-state index is 5.76. The molecule has 0 aromatic carbocycles. The summed E-state index contributed by atoms with van der Waals surface area (Å²) in [7, 11) is -0.987. The Hall–Kier alpha value is -0.133. The largest absolute Gasteiger partial charge is 0.360 e. The van der Waals surface area contributed by atoms with Gasteiger partial charge in [0.2, 0.25) is 0 Å². The summed E-state index contributed by atoms with van der Waals surface area (Å²) in [4.78, 5) is 0. The van der Waals surface area contributed by atoms with Crippen LogP contribution in [0.2, 0.25) is 25.7 Å². The van der Waals surface area contributed by atoms with Crippen LogP contribution < -0.4 is 0 Å². The molecule has 0 radical (unpaired) electrons. The van der Waals surface area contributed by atoms with E-state index in [1.54, 1.807) is 0 Å². The third-order valence-corrected chi connectivity index (χ3v) is 6.02. The Labute approximate surface area is 119 Å². The molecule has 1 aromatic heterocycles. The van der Waals surface area contributed by atoms with Crippen LogP contribution in [-0.2, 0) is 11.5 Å². The molecule has 1 aromatic rings. The minimum atomic E-state index is -0.987. The summed E-state index contributed by atoms with van der Waals surface area (Å²) in [5, 5.41) is 4.66. The van der Waals surface area contributed by atoms with Crippen molar-refractivity contribution in [1.82, 2.24) is 9.78 Å². The molecule has 1 aliphatic rings. The van der Waals surface area contributed by atoms with Crippen molar-refractivity contribution in [1.29, 1.82) is 0 Å². The number of aromatic nitrogens is 2. The molecule has 102 valence electrons. The molecule has 1 saturated carbocycles. The summed E-state index contributed by atoms with van der Waals surface area (Å²) in [6, 6.07) is 1.21. The number of hydrogen-bond donors (Lipinski definition) is 0. The van der Waals surface area contributed by atoms with Gasteiger partial charge in [0.05, 0.1) is 15.9 Å². The van der Waals surface area contributed by atoms with Gasteiger partial charge in [-0.25, -0.2) is 4.68 Å². The fourth-order valence-electron chi connectivity index (χ4n) is 1.82. The van der Waals surface area contributed by atoms with Gasteiger partial charge in [-0.1, -0.05) is 19.6 Å². The van der Waals surface area contributed by atoms with E-state index in [0.717, 1.165) is 6.61 Å². The molecular weight excluding hydrogens is 308 g/mol. The second-order valence-corrected chi connectivity index (χ2v) is 12.8. The molecule has 3 nitrogen and oxygen atoms in total. The van der Waals surface area contributed by atoms with Gasteiger partial charge in [-0.15, -0.1) is 0 Å². The number of rotatable bonds is 6. The van der Waals surface area contributed by atoms with Crippen LogP contribution in [-0.4, -0.2) is 24.5 Å². The Balaban J connectivity index is 1.87. The Morgan fingerprint density at radius 2 is 2.06 bits per heavy atom. The molecule has 0 N–H and O–H groups in total. The minimum absolute atomic E-state index is 0.585. The average molecular weight is 331 g/mol. The number of nitrogens with zero attached hydrogens (tertiary/aromatic N) is 2. The van der Waals surface area contributed by atoms with Crippen molar-refractivity contribution >= 4 is 24.0 Å². The molecule has 0 spiro atoms. The third-order valence-electron chi connectivity index (χ3n) is 3.33. The zero-order valence-corrected chi connectivity index (χ0v) is 14.4. The predicted molar refractivity (Wildman–Crippen MR) is 80.7 cm³/mol. The van der Waals surface area contributed by atoms with E-state index >= 15 is 0 Å². The first-order chi connectivity index (χ1) is 8.38. The van der Waals surface area contributed by atoms with E-state index in [-0.39, 0.29) is 0 Å². The second-order valence-electron chi connectivity index (χ2n) is 6.41. The van der Waals surface area contributed by atoms with Gasteiger partial charge in [0.1, 0.15) is 6.73 Å². The highest BCUT2D eigenvalue weighted by molar-refractivity contribution is 9.10. The van der Waals surface area contributed by atoms with E-state index in [1.807, 2.05) is 4.68 Å². The van der Waals surface area contributed by atoms with Gasteiger partial charge in [0, 0.05) is 20.6 Å². The summed E-state index contributed by atoms with van der Waals surface area (Å²) in [6.07, 6.45) is 2.57. The molecule has 1 heterocycles. The molecule has 0 atom stereocenters. The normalized spacial score (nSPS) is 16.3. The molecule has 18 heavy (non-hydrogen) atoms. The summed E-state index contributed by atoms with van der Waals surface area (Å²) in [5.41, 5.74) is 2.41. The van der Waals surface area contributed by atoms with Crippen LogP contribution in [0, 0.1) is 6.92 Å². The molecule has 0 saturated heterocycles. The fraction of sp³-hybridized carbons (Fsp3) is 0.769. The second kappa shape index (κ2) is 5.47. The van der Waals surface area contributed by atoms with Crippen molar-refractivity contribution in [3.63, 3.8) is 0 Å². The van der Waals surface area contributed by atoms with Crippen molar-refractivity contribution in [3.05, 3.63) is 15.9 Å². The standard InChI is InChI=1S/C13H23BrN2OSi/c1-10-12(14)13(11-5-6-11)15-16(10)9-17-7-8-18(2,3)4/h11H,5-9H2,1-4H3. The van der Waals surface area contributed by atoms with Crippen LogP contribution >= 0.6 is 15.9 Å². The van der Waals surface area contributed by atoms with Gasteiger partial charge in [-0.05, 0) is 41.7 Å². The summed E-state index contributed by atoms with van der Waals surface area (Å²) in [5.74, 6) is 0.682. The zero-order chi connectivity index (χ0) is 13.3. The number of halogens is 1. The van der Waals surface area contributed by atoms with E-state index < -0.39 is 8.07 Å². The molecule has 1 aliphatic carbocycles. The number of hydrogen-bond acceptors (Lipinski definition) is 2. The Morgan fingerprint density at radius 3 is 2.61 bits per heavy atom.